The zero-order chi connectivity index (χ0) is 13.4. The van der Waals surface area contributed by atoms with E-state index in [-0.39, 0.29) is 11.9 Å². The number of nitrogens with zero attached hydrogens (tertiary/aromatic N) is 1. The number of aryl methyl sites for hydroxylation is 1. The Morgan fingerprint density at radius 2 is 2.17 bits per heavy atom. The molecule has 1 saturated heterocycles. The highest BCUT2D eigenvalue weighted by molar-refractivity contribution is 7.16. The van der Waals surface area contributed by atoms with Gasteiger partial charge in [-0.1, -0.05) is 0 Å². The van der Waals surface area contributed by atoms with Crippen LogP contribution in [0, 0.1) is 13.8 Å². The van der Waals surface area contributed by atoms with Crippen LogP contribution in [0.3, 0.4) is 0 Å². The number of esters is 1. The standard InChI is InChI=1S/C12H16N2O3S/c1-6-7(2)18-11(10(6)12(16)17-3)14-5-8(13)4-9(14)15/h8H,4-5,13H2,1-3H3. The van der Waals surface area contributed by atoms with Crippen molar-refractivity contribution >= 4 is 28.2 Å². The Morgan fingerprint density at radius 1 is 1.50 bits per heavy atom. The zero-order valence-electron chi connectivity index (χ0n) is 10.6. The van der Waals surface area contributed by atoms with Gasteiger partial charge in [0.15, 0.2) is 0 Å². The predicted molar refractivity (Wildman–Crippen MR) is 70.1 cm³/mol. The van der Waals surface area contributed by atoms with Gasteiger partial charge in [0.1, 0.15) is 5.00 Å². The van der Waals surface area contributed by atoms with Gasteiger partial charge in [-0.3, -0.25) is 4.79 Å². The molecule has 0 saturated carbocycles. The minimum atomic E-state index is -0.403. The van der Waals surface area contributed by atoms with Gasteiger partial charge >= 0.3 is 5.97 Å². The molecular weight excluding hydrogens is 252 g/mol. The van der Waals surface area contributed by atoms with Gasteiger partial charge in [-0.2, -0.15) is 0 Å². The van der Waals surface area contributed by atoms with Crippen LogP contribution in [0.2, 0.25) is 0 Å². The number of carbonyl (C=O) groups excluding carboxylic acids is 2. The van der Waals surface area contributed by atoms with Crippen molar-refractivity contribution < 1.29 is 14.3 Å². The van der Waals surface area contributed by atoms with Crippen molar-refractivity contribution in [3.8, 4) is 0 Å². The Kier molecular flexibility index (Phi) is 3.41. The van der Waals surface area contributed by atoms with Crippen molar-refractivity contribution in [1.29, 1.82) is 0 Å². The molecule has 1 aromatic heterocycles. The molecular formula is C12H16N2O3S. The molecule has 0 spiro atoms. The van der Waals surface area contributed by atoms with Crippen molar-refractivity contribution in [2.45, 2.75) is 26.3 Å². The van der Waals surface area contributed by atoms with Gasteiger partial charge in [0.25, 0.3) is 0 Å². The molecule has 1 atom stereocenters. The molecule has 1 aliphatic rings. The van der Waals surface area contributed by atoms with E-state index in [1.165, 1.54) is 18.4 Å². The highest BCUT2D eigenvalue weighted by Gasteiger charge is 2.33. The number of methoxy groups -OCH3 is 1. The van der Waals surface area contributed by atoms with E-state index in [0.29, 0.717) is 23.5 Å². The third-order valence-electron chi connectivity index (χ3n) is 3.16. The van der Waals surface area contributed by atoms with Crippen LogP contribution in [-0.4, -0.2) is 31.6 Å². The largest absolute Gasteiger partial charge is 0.465 e. The molecule has 1 aliphatic heterocycles. The summed E-state index contributed by atoms with van der Waals surface area (Å²) < 4.78 is 4.79. The number of thiophene rings is 1. The molecule has 0 radical (unpaired) electrons. The lowest BCUT2D eigenvalue weighted by atomic mass is 10.1. The topological polar surface area (TPSA) is 72.6 Å². The number of ether oxygens (including phenoxy) is 1. The molecule has 1 amide bonds. The summed E-state index contributed by atoms with van der Waals surface area (Å²) in [7, 11) is 1.34. The van der Waals surface area contributed by atoms with E-state index >= 15 is 0 Å². The van der Waals surface area contributed by atoms with Crippen LogP contribution < -0.4 is 10.6 Å². The summed E-state index contributed by atoms with van der Waals surface area (Å²) in [6.07, 6.45) is 0.330. The minimum Gasteiger partial charge on any atom is -0.465 e. The van der Waals surface area contributed by atoms with Gasteiger partial charge in [-0.25, -0.2) is 4.79 Å². The van der Waals surface area contributed by atoms with E-state index in [9.17, 15) is 9.59 Å². The SMILES string of the molecule is COC(=O)c1c(N2CC(N)CC2=O)sc(C)c1C. The van der Waals surface area contributed by atoms with E-state index in [0.717, 1.165) is 10.4 Å². The smallest absolute Gasteiger partial charge is 0.341 e. The molecule has 2 N–H and O–H groups in total. The molecule has 0 bridgehead atoms. The Bertz CT molecular complexity index is 510. The molecule has 2 rings (SSSR count). The van der Waals surface area contributed by atoms with Gasteiger partial charge < -0.3 is 15.4 Å². The Labute approximate surface area is 110 Å². The molecule has 1 fully saturated rings. The van der Waals surface area contributed by atoms with Crippen molar-refractivity contribution in [1.82, 2.24) is 0 Å². The lowest BCUT2D eigenvalue weighted by Crippen LogP contribution is -2.28. The number of rotatable bonds is 2. The lowest BCUT2D eigenvalue weighted by molar-refractivity contribution is -0.117. The third kappa shape index (κ3) is 2.02. The average Bonchev–Trinajstić information content (AvgIpc) is 2.79. The van der Waals surface area contributed by atoms with Crippen LogP contribution in [0.25, 0.3) is 0 Å². The van der Waals surface area contributed by atoms with Crippen molar-refractivity contribution in [3.63, 3.8) is 0 Å². The first-order valence-electron chi connectivity index (χ1n) is 5.70. The highest BCUT2D eigenvalue weighted by atomic mass is 32.1. The number of hydrogen-bond donors (Lipinski definition) is 1. The number of carbonyl (C=O) groups is 2. The molecule has 0 aromatic carbocycles. The summed E-state index contributed by atoms with van der Waals surface area (Å²) in [5.74, 6) is -0.436. The lowest BCUT2D eigenvalue weighted by Gasteiger charge is -2.15. The predicted octanol–water partition coefficient (Wildman–Crippen LogP) is 1.22. The van der Waals surface area contributed by atoms with E-state index in [2.05, 4.69) is 0 Å². The van der Waals surface area contributed by atoms with Gasteiger partial charge in [-0.05, 0) is 19.4 Å². The summed E-state index contributed by atoms with van der Waals surface area (Å²) in [5, 5.41) is 0.662. The molecule has 18 heavy (non-hydrogen) atoms. The van der Waals surface area contributed by atoms with Gasteiger partial charge in [0.2, 0.25) is 5.91 Å². The van der Waals surface area contributed by atoms with Crippen molar-refractivity contribution in [3.05, 3.63) is 16.0 Å². The van der Waals surface area contributed by atoms with E-state index < -0.39 is 5.97 Å². The first-order chi connectivity index (χ1) is 8.45. The summed E-state index contributed by atoms with van der Waals surface area (Å²) in [6, 6.07) is -0.161. The van der Waals surface area contributed by atoms with Crippen LogP contribution in [0.4, 0.5) is 5.00 Å². The summed E-state index contributed by atoms with van der Waals surface area (Å²) in [5.41, 5.74) is 7.14. The van der Waals surface area contributed by atoms with E-state index in [1.807, 2.05) is 13.8 Å². The second-order valence-corrected chi connectivity index (χ2v) is 5.63. The number of amides is 1. The second kappa shape index (κ2) is 4.70. The molecule has 1 aromatic rings. The first kappa shape index (κ1) is 13.0. The Balaban J connectivity index is 2.48. The van der Waals surface area contributed by atoms with Crippen molar-refractivity contribution in [2.75, 3.05) is 18.6 Å². The van der Waals surface area contributed by atoms with Gasteiger partial charge in [-0.15, -0.1) is 11.3 Å². The molecule has 5 nitrogen and oxygen atoms in total. The van der Waals surface area contributed by atoms with Crippen molar-refractivity contribution in [2.24, 2.45) is 5.73 Å². The molecule has 98 valence electrons. The summed E-state index contributed by atoms with van der Waals surface area (Å²) in [6.45, 7) is 4.25. The maximum atomic E-state index is 11.9. The Hall–Kier alpha value is -1.40. The third-order valence-corrected chi connectivity index (χ3v) is 4.39. The maximum absolute atomic E-state index is 11.9. The van der Waals surface area contributed by atoms with Crippen LogP contribution in [0.15, 0.2) is 0 Å². The fourth-order valence-corrected chi connectivity index (χ4v) is 3.24. The zero-order valence-corrected chi connectivity index (χ0v) is 11.5. The summed E-state index contributed by atoms with van der Waals surface area (Å²) in [4.78, 5) is 26.3. The second-order valence-electron chi connectivity index (χ2n) is 4.42. The van der Waals surface area contributed by atoms with Gasteiger partial charge in [0.05, 0.1) is 12.7 Å². The highest BCUT2D eigenvalue weighted by Crippen LogP contribution is 2.37. The fraction of sp³-hybridized carbons (Fsp3) is 0.500. The quantitative estimate of drug-likeness (QED) is 0.818. The summed E-state index contributed by atoms with van der Waals surface area (Å²) >= 11 is 1.44. The number of hydrogen-bond acceptors (Lipinski definition) is 5. The molecule has 1 unspecified atom stereocenters. The number of anilines is 1. The minimum absolute atomic E-state index is 0.0334. The number of nitrogens with two attached hydrogens (primary N) is 1. The average molecular weight is 268 g/mol. The van der Waals surface area contributed by atoms with Crippen LogP contribution in [0.5, 0.6) is 0 Å². The van der Waals surface area contributed by atoms with E-state index in [1.54, 1.807) is 4.90 Å². The molecule has 2 heterocycles. The molecule has 0 aliphatic carbocycles. The van der Waals surface area contributed by atoms with Gasteiger partial charge in [0, 0.05) is 23.9 Å². The van der Waals surface area contributed by atoms with Crippen LogP contribution in [0.1, 0.15) is 27.2 Å². The Morgan fingerprint density at radius 3 is 2.67 bits per heavy atom. The van der Waals surface area contributed by atoms with Crippen LogP contribution in [-0.2, 0) is 9.53 Å². The monoisotopic (exact) mass is 268 g/mol. The normalized spacial score (nSPS) is 19.4. The van der Waals surface area contributed by atoms with Crippen LogP contribution >= 0.6 is 11.3 Å². The first-order valence-corrected chi connectivity index (χ1v) is 6.51. The molecule has 6 heteroatoms. The van der Waals surface area contributed by atoms with E-state index in [4.69, 9.17) is 10.5 Å². The maximum Gasteiger partial charge on any atom is 0.341 e. The fourth-order valence-electron chi connectivity index (χ4n) is 2.07.